The summed E-state index contributed by atoms with van der Waals surface area (Å²) in [5.41, 5.74) is 7.75. The van der Waals surface area contributed by atoms with Crippen molar-refractivity contribution in [2.75, 3.05) is 37.7 Å². The summed E-state index contributed by atoms with van der Waals surface area (Å²) in [6, 6.07) is 11.0. The zero-order valence-electron chi connectivity index (χ0n) is 16.5. The molecule has 2 heterocycles. The predicted octanol–water partition coefficient (Wildman–Crippen LogP) is 2.49. The maximum Gasteiger partial charge on any atom is 0.339 e. The molecule has 1 saturated heterocycles. The number of benzene rings is 1. The third-order valence-electron chi connectivity index (χ3n) is 4.80. The van der Waals surface area contributed by atoms with E-state index in [0.717, 1.165) is 24.3 Å². The Morgan fingerprint density at radius 2 is 1.76 bits per heavy atom. The second kappa shape index (κ2) is 10.8. The first kappa shape index (κ1) is 22.6. The molecule has 8 heteroatoms. The lowest BCUT2D eigenvalue weighted by molar-refractivity contribution is 0.0525. The summed E-state index contributed by atoms with van der Waals surface area (Å²) in [5.74, 6) is 0.473. The van der Waals surface area contributed by atoms with Crippen molar-refractivity contribution in [3.8, 4) is 0 Å². The summed E-state index contributed by atoms with van der Waals surface area (Å²) in [7, 11) is 0. The first-order valence-electron chi connectivity index (χ1n) is 9.58. The van der Waals surface area contributed by atoms with E-state index in [1.165, 1.54) is 0 Å². The van der Waals surface area contributed by atoms with Gasteiger partial charge in [0.15, 0.2) is 0 Å². The average Bonchev–Trinajstić information content (AvgIpc) is 3.00. The minimum atomic E-state index is -0.366. The van der Waals surface area contributed by atoms with Crippen molar-refractivity contribution in [2.45, 2.75) is 19.9 Å². The molecule has 7 nitrogen and oxygen atoms in total. The van der Waals surface area contributed by atoms with Gasteiger partial charge in [0.1, 0.15) is 5.82 Å². The smallest absolute Gasteiger partial charge is 0.339 e. The Morgan fingerprint density at radius 3 is 2.38 bits per heavy atom. The molecule has 0 aliphatic carbocycles. The number of carbonyl (C=O) groups is 2. The highest BCUT2D eigenvalue weighted by molar-refractivity contribution is 5.94. The van der Waals surface area contributed by atoms with E-state index in [1.807, 2.05) is 35.2 Å². The van der Waals surface area contributed by atoms with Crippen LogP contribution < -0.4 is 10.6 Å². The molecular weight excluding hydrogens is 392 g/mol. The fourth-order valence-electron chi connectivity index (χ4n) is 3.22. The van der Waals surface area contributed by atoms with Crippen molar-refractivity contribution in [3.05, 3.63) is 59.3 Å². The van der Waals surface area contributed by atoms with Gasteiger partial charge in [-0.25, -0.2) is 9.78 Å². The number of pyridine rings is 1. The summed E-state index contributed by atoms with van der Waals surface area (Å²) < 4.78 is 4.99. The highest BCUT2D eigenvalue weighted by atomic mass is 35.5. The number of amides is 1. The molecule has 2 aromatic rings. The third kappa shape index (κ3) is 5.68. The number of nitrogens with zero attached hydrogens (tertiary/aromatic N) is 3. The standard InChI is InChI=1S/C21H26N4O3.ClH/c1-2-28-21(27)18-8-9-19(23-15-18)24-10-3-11-25(13-12-24)20(26)17-6-4-16(14-22)5-7-17;/h4-9,15H,2-3,10-14,22H2,1H3;1H. The Hall–Kier alpha value is -2.64. The van der Waals surface area contributed by atoms with Crippen LogP contribution in [0.25, 0.3) is 0 Å². The number of halogens is 1. The molecule has 1 aliphatic heterocycles. The lowest BCUT2D eigenvalue weighted by Gasteiger charge is -2.23. The van der Waals surface area contributed by atoms with Crippen LogP contribution in [0.15, 0.2) is 42.6 Å². The van der Waals surface area contributed by atoms with Crippen LogP contribution in [0.1, 0.15) is 39.6 Å². The molecule has 2 N–H and O–H groups in total. The van der Waals surface area contributed by atoms with Crippen LogP contribution in [0.3, 0.4) is 0 Å². The Kier molecular flexibility index (Phi) is 8.42. The molecule has 0 bridgehead atoms. The van der Waals surface area contributed by atoms with Crippen LogP contribution in [0.4, 0.5) is 5.82 Å². The number of aromatic nitrogens is 1. The lowest BCUT2D eigenvalue weighted by Crippen LogP contribution is -2.35. The van der Waals surface area contributed by atoms with Crippen molar-refractivity contribution < 1.29 is 14.3 Å². The van der Waals surface area contributed by atoms with Crippen molar-refractivity contribution in [3.63, 3.8) is 0 Å². The largest absolute Gasteiger partial charge is 0.462 e. The number of hydrogen-bond acceptors (Lipinski definition) is 6. The van der Waals surface area contributed by atoms with Crippen molar-refractivity contribution in [1.82, 2.24) is 9.88 Å². The van der Waals surface area contributed by atoms with Gasteiger partial charge in [-0.15, -0.1) is 12.4 Å². The van der Waals surface area contributed by atoms with Gasteiger partial charge < -0.3 is 20.3 Å². The monoisotopic (exact) mass is 418 g/mol. The van der Waals surface area contributed by atoms with E-state index in [1.54, 1.807) is 19.2 Å². The van der Waals surface area contributed by atoms with Gasteiger partial charge in [-0.3, -0.25) is 4.79 Å². The molecule has 1 amide bonds. The second-order valence-electron chi connectivity index (χ2n) is 6.66. The van der Waals surface area contributed by atoms with E-state index < -0.39 is 0 Å². The lowest BCUT2D eigenvalue weighted by atomic mass is 10.1. The summed E-state index contributed by atoms with van der Waals surface area (Å²) in [5, 5.41) is 0. The minimum absolute atomic E-state index is 0. The van der Waals surface area contributed by atoms with Crippen LogP contribution in [0.5, 0.6) is 0 Å². The topological polar surface area (TPSA) is 88.8 Å². The van der Waals surface area contributed by atoms with Gasteiger partial charge in [0, 0.05) is 44.5 Å². The van der Waals surface area contributed by atoms with E-state index in [0.29, 0.717) is 43.9 Å². The molecule has 0 atom stereocenters. The quantitative estimate of drug-likeness (QED) is 0.750. The molecule has 156 valence electrons. The number of esters is 1. The summed E-state index contributed by atoms with van der Waals surface area (Å²) in [4.78, 5) is 33.0. The van der Waals surface area contributed by atoms with E-state index in [-0.39, 0.29) is 24.3 Å². The van der Waals surface area contributed by atoms with E-state index in [4.69, 9.17) is 10.5 Å². The van der Waals surface area contributed by atoms with Crippen LogP contribution >= 0.6 is 12.4 Å². The molecule has 1 aliphatic rings. The van der Waals surface area contributed by atoms with E-state index in [2.05, 4.69) is 9.88 Å². The van der Waals surface area contributed by atoms with E-state index >= 15 is 0 Å². The number of anilines is 1. The van der Waals surface area contributed by atoms with Gasteiger partial charge in [0.05, 0.1) is 12.2 Å². The molecule has 0 saturated carbocycles. The molecule has 1 aromatic heterocycles. The van der Waals surface area contributed by atoms with Gasteiger partial charge in [-0.2, -0.15) is 0 Å². The van der Waals surface area contributed by atoms with Crippen molar-refractivity contribution in [1.29, 1.82) is 0 Å². The molecule has 29 heavy (non-hydrogen) atoms. The highest BCUT2D eigenvalue weighted by Crippen LogP contribution is 2.16. The fraction of sp³-hybridized carbons (Fsp3) is 0.381. The zero-order valence-corrected chi connectivity index (χ0v) is 17.4. The van der Waals surface area contributed by atoms with Crippen LogP contribution in [0.2, 0.25) is 0 Å². The Balaban J connectivity index is 0.00000300. The normalized spacial score (nSPS) is 14.0. The summed E-state index contributed by atoms with van der Waals surface area (Å²) in [6.07, 6.45) is 2.40. The Bertz CT molecular complexity index is 812. The molecular formula is C21H27ClN4O3. The van der Waals surface area contributed by atoms with Crippen molar-refractivity contribution >= 4 is 30.1 Å². The van der Waals surface area contributed by atoms with Gasteiger partial charge >= 0.3 is 5.97 Å². The number of nitrogens with two attached hydrogens (primary N) is 1. The maximum atomic E-state index is 12.8. The number of ether oxygens (including phenoxy) is 1. The summed E-state index contributed by atoms with van der Waals surface area (Å²) >= 11 is 0. The van der Waals surface area contributed by atoms with Crippen LogP contribution in [-0.2, 0) is 11.3 Å². The minimum Gasteiger partial charge on any atom is -0.462 e. The number of rotatable bonds is 5. The van der Waals surface area contributed by atoms with Gasteiger partial charge in [-0.1, -0.05) is 12.1 Å². The van der Waals surface area contributed by atoms with Gasteiger partial charge in [0.25, 0.3) is 5.91 Å². The first-order chi connectivity index (χ1) is 13.6. The molecule has 0 radical (unpaired) electrons. The Morgan fingerprint density at radius 1 is 1.03 bits per heavy atom. The van der Waals surface area contributed by atoms with E-state index in [9.17, 15) is 9.59 Å². The molecule has 0 spiro atoms. The highest BCUT2D eigenvalue weighted by Gasteiger charge is 2.21. The zero-order chi connectivity index (χ0) is 19.9. The summed E-state index contributed by atoms with van der Waals surface area (Å²) in [6.45, 7) is 5.41. The Labute approximate surface area is 177 Å². The first-order valence-corrected chi connectivity index (χ1v) is 9.58. The van der Waals surface area contributed by atoms with Crippen molar-refractivity contribution in [2.24, 2.45) is 5.73 Å². The number of carbonyl (C=O) groups excluding carboxylic acids is 2. The predicted molar refractivity (Wildman–Crippen MR) is 115 cm³/mol. The van der Waals surface area contributed by atoms with Gasteiger partial charge in [-0.05, 0) is 43.2 Å². The maximum absolute atomic E-state index is 12.8. The average molecular weight is 419 g/mol. The molecule has 1 fully saturated rings. The molecule has 1 aromatic carbocycles. The number of hydrogen-bond donors (Lipinski definition) is 1. The SMILES string of the molecule is CCOC(=O)c1ccc(N2CCCN(C(=O)c3ccc(CN)cc3)CC2)nc1.Cl. The molecule has 0 unspecified atom stereocenters. The third-order valence-corrected chi connectivity index (χ3v) is 4.80. The van der Waals surface area contributed by atoms with Gasteiger partial charge in [0.2, 0.25) is 0 Å². The second-order valence-corrected chi connectivity index (χ2v) is 6.66. The molecule has 3 rings (SSSR count). The van der Waals surface area contributed by atoms with Crippen LogP contribution in [0, 0.1) is 0 Å². The van der Waals surface area contributed by atoms with Crippen LogP contribution in [-0.4, -0.2) is 54.5 Å². The fourth-order valence-corrected chi connectivity index (χ4v) is 3.22.